The number of rotatable bonds is 12. The summed E-state index contributed by atoms with van der Waals surface area (Å²) in [6.45, 7) is 3.14. The summed E-state index contributed by atoms with van der Waals surface area (Å²) in [6.07, 6.45) is 1.02. The van der Waals surface area contributed by atoms with E-state index in [-0.39, 0.29) is 6.61 Å². The van der Waals surface area contributed by atoms with E-state index in [1.54, 1.807) is 20.5 Å². The maximum atomic E-state index is 10.3. The molecule has 0 amide bonds. The van der Waals surface area contributed by atoms with Crippen molar-refractivity contribution in [2.75, 3.05) is 40.5 Å². The van der Waals surface area contributed by atoms with Crippen LogP contribution in [0.1, 0.15) is 11.3 Å². The summed E-state index contributed by atoms with van der Waals surface area (Å²) in [4.78, 5) is 2.14. The quantitative estimate of drug-likeness (QED) is 0.634. The van der Waals surface area contributed by atoms with Gasteiger partial charge in [-0.3, -0.25) is 4.90 Å². The van der Waals surface area contributed by atoms with Crippen molar-refractivity contribution in [3.05, 3.63) is 54.0 Å². The zero-order valence-electron chi connectivity index (χ0n) is 14.9. The van der Waals surface area contributed by atoms with Gasteiger partial charge in [-0.05, 0) is 29.8 Å². The van der Waals surface area contributed by atoms with Gasteiger partial charge < -0.3 is 23.7 Å². The second kappa shape index (κ2) is 10.9. The molecule has 0 aliphatic heterocycles. The maximum absolute atomic E-state index is 10.3. The Labute approximate surface area is 148 Å². The summed E-state index contributed by atoms with van der Waals surface area (Å²) in [5, 5.41) is 10.3. The minimum atomic E-state index is -0.586. The number of furan rings is 1. The normalized spacial score (nSPS) is 12.5. The van der Waals surface area contributed by atoms with Crippen molar-refractivity contribution in [2.24, 2.45) is 0 Å². The van der Waals surface area contributed by atoms with Gasteiger partial charge in [0.15, 0.2) is 0 Å². The molecule has 6 heteroatoms. The van der Waals surface area contributed by atoms with Crippen molar-refractivity contribution in [1.82, 2.24) is 4.90 Å². The lowest BCUT2D eigenvalue weighted by Crippen LogP contribution is -2.36. The molecule has 25 heavy (non-hydrogen) atoms. The summed E-state index contributed by atoms with van der Waals surface area (Å²) in [5.74, 6) is 1.58. The molecular weight excluding hydrogens is 322 g/mol. The van der Waals surface area contributed by atoms with Crippen molar-refractivity contribution < 1.29 is 23.7 Å². The minimum Gasteiger partial charge on any atom is -0.497 e. The van der Waals surface area contributed by atoms with E-state index in [1.807, 2.05) is 36.4 Å². The van der Waals surface area contributed by atoms with Crippen LogP contribution in [0.4, 0.5) is 0 Å². The molecule has 0 unspecified atom stereocenters. The summed E-state index contributed by atoms with van der Waals surface area (Å²) in [7, 11) is 3.33. The number of ether oxygens (including phenoxy) is 3. The summed E-state index contributed by atoms with van der Waals surface area (Å²) >= 11 is 0. The van der Waals surface area contributed by atoms with Crippen LogP contribution in [0.5, 0.6) is 5.75 Å². The van der Waals surface area contributed by atoms with Crippen LogP contribution in [0, 0.1) is 0 Å². The molecule has 0 bridgehead atoms. The molecule has 0 spiro atoms. The first-order valence-corrected chi connectivity index (χ1v) is 8.33. The van der Waals surface area contributed by atoms with E-state index in [0.29, 0.717) is 26.3 Å². The molecular formula is C19H27NO5. The number of methoxy groups -OCH3 is 2. The number of hydrogen-bond donors (Lipinski definition) is 1. The molecule has 0 saturated heterocycles. The van der Waals surface area contributed by atoms with E-state index in [9.17, 15) is 5.11 Å². The monoisotopic (exact) mass is 349 g/mol. The van der Waals surface area contributed by atoms with Crippen LogP contribution in [0.3, 0.4) is 0 Å². The standard InChI is InChI=1S/C19H27NO5/c1-22-10-8-20(12-16-5-3-6-18(11-16)23-2)13-17(21)14-24-15-19-7-4-9-25-19/h3-7,9,11,17,21H,8,10,12-15H2,1-2H3/t17-/m1/s1. The highest BCUT2D eigenvalue weighted by molar-refractivity contribution is 5.28. The van der Waals surface area contributed by atoms with E-state index >= 15 is 0 Å². The average molecular weight is 349 g/mol. The molecule has 1 N–H and O–H groups in total. The Hall–Kier alpha value is -1.86. The smallest absolute Gasteiger partial charge is 0.129 e. The largest absolute Gasteiger partial charge is 0.497 e. The van der Waals surface area contributed by atoms with Crippen molar-refractivity contribution in [3.8, 4) is 5.75 Å². The zero-order valence-corrected chi connectivity index (χ0v) is 14.9. The lowest BCUT2D eigenvalue weighted by atomic mass is 10.2. The van der Waals surface area contributed by atoms with Gasteiger partial charge in [-0.1, -0.05) is 12.1 Å². The van der Waals surface area contributed by atoms with Crippen LogP contribution >= 0.6 is 0 Å². The predicted octanol–water partition coefficient (Wildman–Crippen LogP) is 2.31. The van der Waals surface area contributed by atoms with Crippen molar-refractivity contribution in [2.45, 2.75) is 19.3 Å². The Kier molecular flexibility index (Phi) is 8.48. The molecule has 1 aromatic carbocycles. The fourth-order valence-electron chi connectivity index (χ4n) is 2.53. The van der Waals surface area contributed by atoms with Gasteiger partial charge in [0.05, 0.1) is 32.7 Å². The van der Waals surface area contributed by atoms with Crippen LogP contribution in [0.25, 0.3) is 0 Å². The fourth-order valence-corrected chi connectivity index (χ4v) is 2.53. The van der Waals surface area contributed by atoms with Crippen molar-refractivity contribution in [1.29, 1.82) is 0 Å². The Morgan fingerprint density at radius 3 is 2.80 bits per heavy atom. The summed E-state index contributed by atoms with van der Waals surface area (Å²) in [6, 6.07) is 11.6. The highest BCUT2D eigenvalue weighted by atomic mass is 16.5. The predicted molar refractivity (Wildman–Crippen MR) is 94.5 cm³/mol. The molecule has 0 radical (unpaired) electrons. The van der Waals surface area contributed by atoms with Gasteiger partial charge in [-0.15, -0.1) is 0 Å². The third-order valence-corrected chi connectivity index (χ3v) is 3.76. The van der Waals surface area contributed by atoms with E-state index in [4.69, 9.17) is 18.6 Å². The topological polar surface area (TPSA) is 64.3 Å². The number of hydrogen-bond acceptors (Lipinski definition) is 6. The fraction of sp³-hybridized carbons (Fsp3) is 0.474. The molecule has 0 saturated carbocycles. The van der Waals surface area contributed by atoms with Gasteiger partial charge in [0.25, 0.3) is 0 Å². The van der Waals surface area contributed by atoms with E-state index < -0.39 is 6.10 Å². The van der Waals surface area contributed by atoms with Crippen molar-refractivity contribution in [3.63, 3.8) is 0 Å². The Morgan fingerprint density at radius 2 is 2.08 bits per heavy atom. The van der Waals surface area contributed by atoms with Crippen LogP contribution in [-0.4, -0.2) is 56.6 Å². The lowest BCUT2D eigenvalue weighted by Gasteiger charge is -2.25. The van der Waals surface area contributed by atoms with Crippen LogP contribution in [0.15, 0.2) is 47.1 Å². The van der Waals surface area contributed by atoms with E-state index in [2.05, 4.69) is 4.90 Å². The number of aliphatic hydroxyl groups excluding tert-OH is 1. The van der Waals surface area contributed by atoms with Gasteiger partial charge in [-0.25, -0.2) is 0 Å². The average Bonchev–Trinajstić information content (AvgIpc) is 3.13. The summed E-state index contributed by atoms with van der Waals surface area (Å²) < 4.78 is 21.2. The molecule has 1 atom stereocenters. The van der Waals surface area contributed by atoms with Crippen LogP contribution in [-0.2, 0) is 22.6 Å². The second-order valence-corrected chi connectivity index (χ2v) is 5.83. The van der Waals surface area contributed by atoms with Gasteiger partial charge >= 0.3 is 0 Å². The van der Waals surface area contributed by atoms with Gasteiger partial charge in [0, 0.05) is 26.7 Å². The molecule has 0 aliphatic rings. The first kappa shape index (κ1) is 19.5. The first-order chi connectivity index (χ1) is 12.2. The molecule has 2 aromatic rings. The Bertz CT molecular complexity index is 587. The minimum absolute atomic E-state index is 0.252. The third-order valence-electron chi connectivity index (χ3n) is 3.76. The number of nitrogens with zero attached hydrogens (tertiary/aromatic N) is 1. The van der Waals surface area contributed by atoms with Gasteiger partial charge in [-0.2, -0.15) is 0 Å². The highest BCUT2D eigenvalue weighted by Gasteiger charge is 2.13. The van der Waals surface area contributed by atoms with Gasteiger partial charge in [0.1, 0.15) is 18.1 Å². The van der Waals surface area contributed by atoms with E-state index in [1.165, 1.54) is 0 Å². The maximum Gasteiger partial charge on any atom is 0.129 e. The molecule has 0 fully saturated rings. The highest BCUT2D eigenvalue weighted by Crippen LogP contribution is 2.14. The molecule has 138 valence electrons. The van der Waals surface area contributed by atoms with Gasteiger partial charge in [0.2, 0.25) is 0 Å². The molecule has 1 aromatic heterocycles. The molecule has 1 heterocycles. The zero-order chi connectivity index (χ0) is 17.9. The Morgan fingerprint density at radius 1 is 1.20 bits per heavy atom. The molecule has 6 nitrogen and oxygen atoms in total. The number of aliphatic hydroxyl groups is 1. The SMILES string of the molecule is COCCN(Cc1cccc(OC)c1)C[C@@H](O)COCc1ccco1. The second-order valence-electron chi connectivity index (χ2n) is 5.83. The van der Waals surface area contributed by atoms with Crippen molar-refractivity contribution >= 4 is 0 Å². The van der Waals surface area contributed by atoms with Crippen LogP contribution < -0.4 is 4.74 Å². The Balaban J connectivity index is 1.82. The molecule has 2 rings (SSSR count). The molecule has 0 aliphatic carbocycles. The summed E-state index contributed by atoms with van der Waals surface area (Å²) in [5.41, 5.74) is 1.12. The third kappa shape index (κ3) is 7.27. The number of benzene rings is 1. The van der Waals surface area contributed by atoms with Crippen LogP contribution in [0.2, 0.25) is 0 Å². The lowest BCUT2D eigenvalue weighted by molar-refractivity contribution is 0.000482. The first-order valence-electron chi connectivity index (χ1n) is 8.33. The van der Waals surface area contributed by atoms with E-state index in [0.717, 1.165) is 23.6 Å².